The maximum absolute atomic E-state index is 14.1. The van der Waals surface area contributed by atoms with Crippen molar-refractivity contribution in [2.75, 3.05) is 13.7 Å². The standard InChI is InChI=1S/C36H41N3O7S/c1-5-26-19-36(26,35(42)38-47(43,44)28-15-16-28)20-32(40)31-18-27(21-39(31)34(41)22(2)23(3)45-4)46-33-29-14-10-9-13-25(29)17-30(37-33)24-11-7-6-8-12-24/h5-14,17,22-23,26-28,31H,1,15-16,18-21H2,2-4H3,(H,38,42)/t22-,23-,26+,27?,31-,36+/m0/s1. The summed E-state index contributed by atoms with van der Waals surface area (Å²) in [4.78, 5) is 47.8. The van der Waals surface area contributed by atoms with E-state index >= 15 is 0 Å². The van der Waals surface area contributed by atoms with Crippen molar-refractivity contribution in [3.63, 3.8) is 0 Å². The number of methoxy groups -OCH3 is 1. The number of nitrogens with zero attached hydrogens (tertiary/aromatic N) is 2. The number of fused-ring (bicyclic) bond motifs is 1. The van der Waals surface area contributed by atoms with Gasteiger partial charge in [0.1, 0.15) is 6.10 Å². The van der Waals surface area contributed by atoms with E-state index in [4.69, 9.17) is 14.5 Å². The topological polar surface area (TPSA) is 132 Å². The Hall–Kier alpha value is -4.09. The van der Waals surface area contributed by atoms with Gasteiger partial charge < -0.3 is 14.4 Å². The highest BCUT2D eigenvalue weighted by Crippen LogP contribution is 2.57. The third kappa shape index (κ3) is 6.56. The van der Waals surface area contributed by atoms with Crippen molar-refractivity contribution >= 4 is 38.4 Å². The SMILES string of the molecule is C=C[C@@H]1C[C@]1(CC(=O)[C@@H]1CC(Oc2nc(-c3ccccc3)cc3ccccc23)CN1C(=O)[C@@H](C)[C@H](C)OC)C(=O)NS(=O)(=O)C1CC1. The van der Waals surface area contributed by atoms with E-state index in [9.17, 15) is 22.8 Å². The van der Waals surface area contributed by atoms with Crippen LogP contribution in [0.3, 0.4) is 0 Å². The van der Waals surface area contributed by atoms with Crippen molar-refractivity contribution in [1.82, 2.24) is 14.6 Å². The monoisotopic (exact) mass is 659 g/mol. The number of nitrogens with one attached hydrogen (secondary N) is 1. The van der Waals surface area contributed by atoms with Crippen LogP contribution in [0.4, 0.5) is 0 Å². The molecule has 2 aromatic carbocycles. The van der Waals surface area contributed by atoms with Crippen LogP contribution in [0.15, 0.2) is 73.3 Å². The van der Waals surface area contributed by atoms with Crippen molar-refractivity contribution in [3.05, 3.63) is 73.3 Å². The molecule has 47 heavy (non-hydrogen) atoms. The molecule has 3 fully saturated rings. The summed E-state index contributed by atoms with van der Waals surface area (Å²) >= 11 is 0. The highest BCUT2D eigenvalue weighted by Gasteiger charge is 2.61. The van der Waals surface area contributed by atoms with Gasteiger partial charge in [0, 0.05) is 30.9 Å². The van der Waals surface area contributed by atoms with Gasteiger partial charge in [0.15, 0.2) is 5.78 Å². The number of pyridine rings is 1. The van der Waals surface area contributed by atoms with Gasteiger partial charge >= 0.3 is 0 Å². The van der Waals surface area contributed by atoms with Gasteiger partial charge in [-0.2, -0.15) is 0 Å². The average molecular weight is 660 g/mol. The molecule has 2 heterocycles. The smallest absolute Gasteiger partial charge is 0.240 e. The van der Waals surface area contributed by atoms with E-state index in [2.05, 4.69) is 11.3 Å². The molecule has 6 rings (SSSR count). The third-order valence-electron chi connectivity index (χ3n) is 9.99. The van der Waals surface area contributed by atoms with Gasteiger partial charge in [0.2, 0.25) is 27.7 Å². The molecular weight excluding hydrogens is 618 g/mol. The number of ether oxygens (including phenoxy) is 2. The quantitative estimate of drug-likeness (QED) is 0.262. The Morgan fingerprint density at radius 1 is 1.11 bits per heavy atom. The Labute approximate surface area is 275 Å². The number of sulfonamides is 1. The number of likely N-dealkylation sites (tertiary alicyclic amines) is 1. The molecule has 1 aliphatic heterocycles. The Balaban J connectivity index is 1.28. The lowest BCUT2D eigenvalue weighted by molar-refractivity contribution is -0.144. The maximum Gasteiger partial charge on any atom is 0.240 e. The highest BCUT2D eigenvalue weighted by atomic mass is 32.2. The van der Waals surface area contributed by atoms with Crippen LogP contribution < -0.4 is 9.46 Å². The van der Waals surface area contributed by atoms with Crippen molar-refractivity contribution in [1.29, 1.82) is 0 Å². The Bertz CT molecular complexity index is 1810. The zero-order valence-electron chi connectivity index (χ0n) is 26.9. The molecule has 11 heteroatoms. The number of aromatic nitrogens is 1. The lowest BCUT2D eigenvalue weighted by Gasteiger charge is -2.29. The van der Waals surface area contributed by atoms with Gasteiger partial charge in [0.05, 0.1) is 41.0 Å². The summed E-state index contributed by atoms with van der Waals surface area (Å²) in [7, 11) is -2.27. The van der Waals surface area contributed by atoms with Gasteiger partial charge in [-0.1, -0.05) is 61.5 Å². The highest BCUT2D eigenvalue weighted by molar-refractivity contribution is 7.90. The van der Waals surface area contributed by atoms with Gasteiger partial charge in [-0.15, -0.1) is 6.58 Å². The summed E-state index contributed by atoms with van der Waals surface area (Å²) in [5.41, 5.74) is 0.440. The average Bonchev–Trinajstić information content (AvgIpc) is 4.01. The van der Waals surface area contributed by atoms with Crippen molar-refractivity contribution in [2.45, 2.75) is 69.5 Å². The molecule has 1 N–H and O–H groups in total. The summed E-state index contributed by atoms with van der Waals surface area (Å²) < 4.78 is 39.5. The van der Waals surface area contributed by atoms with Gasteiger partial charge in [-0.05, 0) is 49.6 Å². The Morgan fingerprint density at radius 2 is 1.81 bits per heavy atom. The molecule has 0 spiro atoms. The second-order valence-electron chi connectivity index (χ2n) is 13.1. The lowest BCUT2D eigenvalue weighted by Crippen LogP contribution is -2.47. The minimum Gasteiger partial charge on any atom is -0.472 e. The van der Waals surface area contributed by atoms with Crippen LogP contribution in [0.25, 0.3) is 22.0 Å². The molecule has 248 valence electrons. The zero-order valence-corrected chi connectivity index (χ0v) is 27.7. The first-order valence-corrected chi connectivity index (χ1v) is 17.7. The molecule has 1 unspecified atom stereocenters. The van der Waals surface area contributed by atoms with Crippen LogP contribution >= 0.6 is 0 Å². The second-order valence-corrected chi connectivity index (χ2v) is 15.1. The lowest BCUT2D eigenvalue weighted by atomic mass is 9.91. The number of amides is 2. The van der Waals surface area contributed by atoms with Crippen LogP contribution in [0.2, 0.25) is 0 Å². The minimum absolute atomic E-state index is 0.141. The molecule has 2 aliphatic carbocycles. The van der Waals surface area contributed by atoms with Crippen molar-refractivity contribution in [2.24, 2.45) is 17.3 Å². The first-order valence-electron chi connectivity index (χ1n) is 16.1. The predicted molar refractivity (Wildman–Crippen MR) is 178 cm³/mol. The first kappa shape index (κ1) is 32.8. The van der Waals surface area contributed by atoms with E-state index in [0.717, 1.165) is 22.0 Å². The summed E-state index contributed by atoms with van der Waals surface area (Å²) in [6, 6.07) is 18.7. The Morgan fingerprint density at radius 3 is 2.47 bits per heavy atom. The summed E-state index contributed by atoms with van der Waals surface area (Å²) in [6.07, 6.45) is 1.95. The van der Waals surface area contributed by atoms with Gasteiger partial charge in [0.25, 0.3) is 0 Å². The molecule has 3 aromatic rings. The third-order valence-corrected chi connectivity index (χ3v) is 11.8. The molecule has 10 nitrogen and oxygen atoms in total. The Kier molecular flexibility index (Phi) is 8.97. The molecular formula is C36H41N3O7S. The summed E-state index contributed by atoms with van der Waals surface area (Å²) in [5.74, 6) is -1.74. The molecule has 6 atom stereocenters. The minimum atomic E-state index is -3.80. The number of rotatable bonds is 13. The van der Waals surface area contributed by atoms with E-state index in [1.54, 1.807) is 19.9 Å². The first-order chi connectivity index (χ1) is 22.5. The van der Waals surface area contributed by atoms with E-state index in [1.165, 1.54) is 12.0 Å². The number of Topliss-reactive ketones (excluding diaryl/α,β-unsaturated/α-hetero) is 1. The second kappa shape index (κ2) is 12.8. The molecule has 0 radical (unpaired) electrons. The molecule has 1 aromatic heterocycles. The van der Waals surface area contributed by atoms with E-state index in [1.807, 2.05) is 60.7 Å². The fourth-order valence-corrected chi connectivity index (χ4v) is 7.96. The van der Waals surface area contributed by atoms with Crippen molar-refractivity contribution in [3.8, 4) is 17.1 Å². The van der Waals surface area contributed by atoms with Crippen LogP contribution in [0.5, 0.6) is 5.88 Å². The molecule has 0 bridgehead atoms. The van der Waals surface area contributed by atoms with E-state index in [0.29, 0.717) is 25.1 Å². The van der Waals surface area contributed by atoms with Crippen LogP contribution in [-0.4, -0.2) is 73.1 Å². The molecule has 1 saturated heterocycles. The van der Waals surface area contributed by atoms with Gasteiger partial charge in [-0.25, -0.2) is 13.4 Å². The number of ketones is 1. The largest absolute Gasteiger partial charge is 0.472 e. The zero-order chi connectivity index (χ0) is 33.5. The fraction of sp³-hybridized carbons (Fsp3) is 0.444. The number of allylic oxidation sites excluding steroid dienone is 1. The fourth-order valence-electron chi connectivity index (χ4n) is 6.58. The maximum atomic E-state index is 14.1. The van der Waals surface area contributed by atoms with Crippen LogP contribution in [-0.2, 0) is 29.1 Å². The molecule has 2 saturated carbocycles. The number of hydrogen-bond donors (Lipinski definition) is 1. The number of carbonyl (C=O) groups excluding carboxylic acids is 3. The van der Waals surface area contributed by atoms with E-state index < -0.39 is 50.8 Å². The van der Waals surface area contributed by atoms with E-state index in [-0.39, 0.29) is 37.0 Å². The van der Waals surface area contributed by atoms with Crippen LogP contribution in [0, 0.1) is 17.3 Å². The summed E-state index contributed by atoms with van der Waals surface area (Å²) in [5, 5.41) is 1.17. The summed E-state index contributed by atoms with van der Waals surface area (Å²) in [6.45, 7) is 7.51. The predicted octanol–water partition coefficient (Wildman–Crippen LogP) is 4.68. The normalized spacial score (nSPS) is 25.2. The number of hydrogen-bond acceptors (Lipinski definition) is 8. The van der Waals surface area contributed by atoms with Crippen molar-refractivity contribution < 1.29 is 32.3 Å². The molecule has 3 aliphatic rings. The van der Waals surface area contributed by atoms with Crippen LogP contribution in [0.1, 0.15) is 46.0 Å². The van der Waals surface area contributed by atoms with Gasteiger partial charge in [-0.3, -0.25) is 19.1 Å². The molecule has 2 amide bonds. The number of benzene rings is 2. The number of carbonyl (C=O) groups is 3.